The number of carbonyl (C=O) groups excluding carboxylic acids is 1. The molecule has 1 aliphatic rings. The molecule has 0 unspecified atom stereocenters. The van der Waals surface area contributed by atoms with E-state index in [-0.39, 0.29) is 5.91 Å². The van der Waals surface area contributed by atoms with Crippen molar-refractivity contribution < 1.29 is 9.53 Å². The third-order valence-corrected chi connectivity index (χ3v) is 5.79. The number of rotatable bonds is 6. The van der Waals surface area contributed by atoms with Gasteiger partial charge < -0.3 is 10.1 Å². The highest BCUT2D eigenvalue weighted by Gasteiger charge is 2.18. The Morgan fingerprint density at radius 2 is 2.11 bits per heavy atom. The number of hydrogen-bond donors (Lipinski definition) is 2. The number of nitrogens with one attached hydrogen (secondary N) is 2. The fraction of sp³-hybridized carbons (Fsp3) is 0.286. The van der Waals surface area contributed by atoms with Crippen LogP contribution in [-0.2, 0) is 6.61 Å². The smallest absolute Gasteiger partial charge is 0.257 e. The second kappa shape index (κ2) is 8.95. The third-order valence-electron chi connectivity index (χ3n) is 4.71. The van der Waals surface area contributed by atoms with Gasteiger partial charge in [-0.2, -0.15) is 0 Å². The number of carbonyl (C=O) groups is 1. The number of amides is 1. The second-order valence-corrected chi connectivity index (χ2v) is 7.79. The fourth-order valence-corrected chi connectivity index (χ4v) is 4.17. The summed E-state index contributed by atoms with van der Waals surface area (Å²) in [7, 11) is 0. The summed E-state index contributed by atoms with van der Waals surface area (Å²) in [6, 6.07) is 11.0. The SMILES string of the molecule is O=C(Nc1ncc(C2CCNCC2)s1)c1cccc(OCc2cccnc2)c1. The molecule has 6 nitrogen and oxygen atoms in total. The van der Waals surface area contributed by atoms with E-state index in [0.717, 1.165) is 31.5 Å². The summed E-state index contributed by atoms with van der Waals surface area (Å²) in [6.07, 6.45) is 7.62. The first-order valence-corrected chi connectivity index (χ1v) is 10.2. The van der Waals surface area contributed by atoms with Gasteiger partial charge in [0, 0.05) is 34.6 Å². The van der Waals surface area contributed by atoms with E-state index in [1.54, 1.807) is 35.9 Å². The van der Waals surface area contributed by atoms with Crippen molar-refractivity contribution in [3.63, 3.8) is 0 Å². The van der Waals surface area contributed by atoms with Crippen molar-refractivity contribution in [2.45, 2.75) is 25.4 Å². The Labute approximate surface area is 168 Å². The summed E-state index contributed by atoms with van der Waals surface area (Å²) < 4.78 is 5.78. The predicted molar refractivity (Wildman–Crippen MR) is 110 cm³/mol. The van der Waals surface area contributed by atoms with Gasteiger partial charge in [0.05, 0.1) is 0 Å². The van der Waals surface area contributed by atoms with Crippen molar-refractivity contribution in [2.75, 3.05) is 18.4 Å². The van der Waals surface area contributed by atoms with E-state index in [2.05, 4.69) is 20.6 Å². The molecule has 0 radical (unpaired) electrons. The first kappa shape index (κ1) is 18.6. The zero-order valence-electron chi connectivity index (χ0n) is 15.4. The molecule has 3 heterocycles. The summed E-state index contributed by atoms with van der Waals surface area (Å²) in [5.41, 5.74) is 1.52. The number of ether oxygens (including phenoxy) is 1. The summed E-state index contributed by atoms with van der Waals surface area (Å²) in [5.74, 6) is 0.998. The van der Waals surface area contributed by atoms with Crippen LogP contribution in [0.25, 0.3) is 0 Å². The van der Waals surface area contributed by atoms with E-state index in [1.807, 2.05) is 30.5 Å². The number of nitrogens with zero attached hydrogens (tertiary/aromatic N) is 2. The topological polar surface area (TPSA) is 76.1 Å². The van der Waals surface area contributed by atoms with Crippen molar-refractivity contribution in [3.05, 3.63) is 71.0 Å². The van der Waals surface area contributed by atoms with Crippen LogP contribution < -0.4 is 15.4 Å². The largest absolute Gasteiger partial charge is 0.489 e. The predicted octanol–water partition coefficient (Wildman–Crippen LogP) is 3.84. The Kier molecular flexibility index (Phi) is 5.94. The molecule has 2 aromatic heterocycles. The summed E-state index contributed by atoms with van der Waals surface area (Å²) >= 11 is 1.57. The van der Waals surface area contributed by atoms with Gasteiger partial charge in [0.15, 0.2) is 5.13 Å². The van der Waals surface area contributed by atoms with Crippen molar-refractivity contribution in [1.29, 1.82) is 0 Å². The van der Waals surface area contributed by atoms with E-state index >= 15 is 0 Å². The van der Waals surface area contributed by atoms with Crippen LogP contribution in [0.5, 0.6) is 5.75 Å². The maximum Gasteiger partial charge on any atom is 0.257 e. The Morgan fingerprint density at radius 1 is 1.21 bits per heavy atom. The molecule has 2 N–H and O–H groups in total. The van der Waals surface area contributed by atoms with Gasteiger partial charge in [-0.1, -0.05) is 12.1 Å². The molecule has 7 heteroatoms. The Bertz CT molecular complexity index is 923. The zero-order chi connectivity index (χ0) is 19.2. The number of benzene rings is 1. The molecule has 144 valence electrons. The van der Waals surface area contributed by atoms with Crippen LogP contribution in [0.15, 0.2) is 55.0 Å². The molecule has 0 aliphatic carbocycles. The van der Waals surface area contributed by atoms with Gasteiger partial charge in [-0.05, 0) is 56.1 Å². The fourth-order valence-electron chi connectivity index (χ4n) is 3.19. The van der Waals surface area contributed by atoms with Gasteiger partial charge >= 0.3 is 0 Å². The number of hydrogen-bond acceptors (Lipinski definition) is 6. The van der Waals surface area contributed by atoms with Crippen LogP contribution in [-0.4, -0.2) is 29.0 Å². The minimum absolute atomic E-state index is 0.182. The van der Waals surface area contributed by atoms with E-state index in [0.29, 0.717) is 29.0 Å². The first-order valence-electron chi connectivity index (χ1n) is 9.37. The van der Waals surface area contributed by atoms with E-state index < -0.39 is 0 Å². The van der Waals surface area contributed by atoms with Crippen LogP contribution >= 0.6 is 11.3 Å². The third kappa shape index (κ3) is 4.74. The monoisotopic (exact) mass is 394 g/mol. The van der Waals surface area contributed by atoms with E-state index in [9.17, 15) is 4.79 Å². The Balaban J connectivity index is 1.37. The molecule has 1 amide bonds. The van der Waals surface area contributed by atoms with Crippen LogP contribution in [0.3, 0.4) is 0 Å². The van der Waals surface area contributed by atoms with Gasteiger partial charge in [-0.25, -0.2) is 4.98 Å². The molecule has 1 fully saturated rings. The highest BCUT2D eigenvalue weighted by atomic mass is 32.1. The molecule has 0 bridgehead atoms. The van der Waals surface area contributed by atoms with E-state index in [1.165, 1.54) is 4.88 Å². The molecule has 0 saturated carbocycles. The average Bonchev–Trinajstić information content (AvgIpc) is 3.22. The van der Waals surface area contributed by atoms with Crippen molar-refractivity contribution in [1.82, 2.24) is 15.3 Å². The molecule has 0 spiro atoms. The standard InChI is InChI=1S/C21H22N4O2S/c26-20(25-21-24-13-19(28-21)16-6-9-22-10-7-16)17-4-1-5-18(11-17)27-14-15-3-2-8-23-12-15/h1-5,8,11-13,16,22H,6-7,9-10,14H2,(H,24,25,26). The molecule has 1 aromatic carbocycles. The molecule has 4 rings (SSSR count). The molecular weight excluding hydrogens is 372 g/mol. The summed E-state index contributed by atoms with van der Waals surface area (Å²) in [6.45, 7) is 2.48. The molecule has 3 aromatic rings. The maximum absolute atomic E-state index is 12.6. The molecule has 1 aliphatic heterocycles. The zero-order valence-corrected chi connectivity index (χ0v) is 16.2. The number of pyridine rings is 1. The Morgan fingerprint density at radius 3 is 2.93 bits per heavy atom. The summed E-state index contributed by atoms with van der Waals surface area (Å²) in [5, 5.41) is 6.92. The highest BCUT2D eigenvalue weighted by Crippen LogP contribution is 2.31. The number of anilines is 1. The van der Waals surface area contributed by atoms with Gasteiger partial charge in [0.25, 0.3) is 5.91 Å². The average molecular weight is 395 g/mol. The van der Waals surface area contributed by atoms with Crippen LogP contribution in [0.4, 0.5) is 5.13 Å². The normalized spacial score (nSPS) is 14.6. The molecule has 28 heavy (non-hydrogen) atoms. The van der Waals surface area contributed by atoms with Crippen molar-refractivity contribution >= 4 is 22.4 Å². The second-order valence-electron chi connectivity index (χ2n) is 6.72. The number of aromatic nitrogens is 2. The lowest BCUT2D eigenvalue weighted by atomic mass is 9.97. The minimum Gasteiger partial charge on any atom is -0.489 e. The van der Waals surface area contributed by atoms with Gasteiger partial charge in [0.2, 0.25) is 0 Å². The van der Waals surface area contributed by atoms with Crippen LogP contribution in [0.2, 0.25) is 0 Å². The molecular formula is C21H22N4O2S. The number of thiazole rings is 1. The van der Waals surface area contributed by atoms with Crippen molar-refractivity contribution in [2.24, 2.45) is 0 Å². The van der Waals surface area contributed by atoms with Crippen LogP contribution in [0.1, 0.15) is 39.6 Å². The van der Waals surface area contributed by atoms with Crippen LogP contribution in [0, 0.1) is 0 Å². The van der Waals surface area contributed by atoms with Gasteiger partial charge in [-0.3, -0.25) is 15.1 Å². The lowest BCUT2D eigenvalue weighted by Crippen LogP contribution is -2.26. The summed E-state index contributed by atoms with van der Waals surface area (Å²) in [4.78, 5) is 22.3. The minimum atomic E-state index is -0.182. The van der Waals surface area contributed by atoms with Gasteiger partial charge in [-0.15, -0.1) is 11.3 Å². The molecule has 1 saturated heterocycles. The number of piperidine rings is 1. The quantitative estimate of drug-likeness (QED) is 0.664. The van der Waals surface area contributed by atoms with Crippen molar-refractivity contribution in [3.8, 4) is 5.75 Å². The maximum atomic E-state index is 12.6. The van der Waals surface area contributed by atoms with Gasteiger partial charge in [0.1, 0.15) is 12.4 Å². The Hall–Kier alpha value is -2.77. The highest BCUT2D eigenvalue weighted by molar-refractivity contribution is 7.15. The van der Waals surface area contributed by atoms with E-state index in [4.69, 9.17) is 4.74 Å². The lowest BCUT2D eigenvalue weighted by molar-refractivity contribution is 0.102. The molecule has 0 atom stereocenters. The lowest BCUT2D eigenvalue weighted by Gasteiger charge is -2.20. The first-order chi connectivity index (χ1) is 13.8.